The second-order valence-corrected chi connectivity index (χ2v) is 4.16. The molecule has 0 radical (unpaired) electrons. The van der Waals surface area contributed by atoms with Crippen LogP contribution in [0.25, 0.3) is 11.5 Å². The van der Waals surface area contributed by atoms with E-state index in [0.29, 0.717) is 18.2 Å². The van der Waals surface area contributed by atoms with Gasteiger partial charge in [0.2, 0.25) is 11.7 Å². The molecule has 0 saturated heterocycles. The highest BCUT2D eigenvalue weighted by Crippen LogP contribution is 2.18. The lowest BCUT2D eigenvalue weighted by molar-refractivity contribution is 0.0921. The summed E-state index contributed by atoms with van der Waals surface area (Å²) in [6, 6.07) is 13.0. The van der Waals surface area contributed by atoms with E-state index in [2.05, 4.69) is 10.3 Å². The number of amides is 1. The van der Waals surface area contributed by atoms with E-state index in [0.717, 1.165) is 5.56 Å². The number of carbonyl (C=O) groups is 1. The fourth-order valence-corrected chi connectivity index (χ4v) is 1.76. The molecule has 0 aliphatic heterocycles. The van der Waals surface area contributed by atoms with Crippen LogP contribution < -0.4 is 5.32 Å². The van der Waals surface area contributed by atoms with Crippen LogP contribution in [0.2, 0.25) is 0 Å². The first-order valence-electron chi connectivity index (χ1n) is 6.15. The Morgan fingerprint density at radius 3 is 2.75 bits per heavy atom. The van der Waals surface area contributed by atoms with E-state index in [1.165, 1.54) is 6.20 Å². The molecule has 2 heterocycles. The normalized spacial score (nSPS) is 10.4. The van der Waals surface area contributed by atoms with Crippen LogP contribution in [-0.2, 0) is 6.54 Å². The molecule has 0 saturated carbocycles. The number of benzene rings is 1. The highest BCUT2D eigenvalue weighted by molar-refractivity contribution is 5.91. The highest BCUT2D eigenvalue weighted by atomic mass is 16.4. The zero-order valence-electron chi connectivity index (χ0n) is 10.6. The topological polar surface area (TPSA) is 68.3 Å². The molecule has 1 amide bonds. The van der Waals surface area contributed by atoms with E-state index in [-0.39, 0.29) is 11.7 Å². The molecule has 0 atom stereocenters. The van der Waals surface area contributed by atoms with Gasteiger partial charge in [0.25, 0.3) is 5.91 Å². The first-order valence-corrected chi connectivity index (χ1v) is 6.15. The van der Waals surface area contributed by atoms with E-state index < -0.39 is 0 Å². The highest BCUT2D eigenvalue weighted by Gasteiger charge is 2.13. The van der Waals surface area contributed by atoms with Gasteiger partial charge in [-0.2, -0.15) is 0 Å². The number of aromatic nitrogens is 1. The van der Waals surface area contributed by atoms with Crippen LogP contribution in [0.1, 0.15) is 16.3 Å². The molecule has 0 bridgehead atoms. The van der Waals surface area contributed by atoms with Gasteiger partial charge in [0.15, 0.2) is 0 Å². The van der Waals surface area contributed by atoms with E-state index in [1.54, 1.807) is 18.4 Å². The molecule has 5 heteroatoms. The Morgan fingerprint density at radius 1 is 1.15 bits per heavy atom. The molecule has 1 N–H and O–H groups in total. The number of nitrogens with zero attached hydrogens (tertiary/aromatic N) is 1. The zero-order valence-corrected chi connectivity index (χ0v) is 10.6. The largest absolute Gasteiger partial charge is 0.467 e. The Balaban J connectivity index is 1.69. The quantitative estimate of drug-likeness (QED) is 0.790. The first-order chi connectivity index (χ1) is 9.83. The summed E-state index contributed by atoms with van der Waals surface area (Å²) in [5.41, 5.74) is 0.831. The molecule has 0 spiro atoms. The van der Waals surface area contributed by atoms with Crippen LogP contribution in [-0.4, -0.2) is 10.9 Å². The summed E-state index contributed by atoms with van der Waals surface area (Å²) in [5, 5.41) is 2.70. The Kier molecular flexibility index (Phi) is 3.33. The predicted molar refractivity (Wildman–Crippen MR) is 71.8 cm³/mol. The van der Waals surface area contributed by atoms with Gasteiger partial charge in [-0.25, -0.2) is 4.98 Å². The van der Waals surface area contributed by atoms with Crippen molar-refractivity contribution in [1.29, 1.82) is 0 Å². The van der Waals surface area contributed by atoms with Gasteiger partial charge in [-0.1, -0.05) is 18.2 Å². The fraction of sp³-hybridized carbons (Fsp3) is 0.0667. The van der Waals surface area contributed by atoms with E-state index >= 15 is 0 Å². The fourth-order valence-electron chi connectivity index (χ4n) is 1.76. The van der Waals surface area contributed by atoms with Crippen LogP contribution in [0.3, 0.4) is 0 Å². The van der Waals surface area contributed by atoms with Crippen LogP contribution in [0.15, 0.2) is 63.8 Å². The molecule has 0 fully saturated rings. The average Bonchev–Trinajstić information content (AvgIpc) is 3.17. The summed E-state index contributed by atoms with van der Waals surface area (Å²) in [7, 11) is 0. The van der Waals surface area contributed by atoms with Crippen molar-refractivity contribution in [3.63, 3.8) is 0 Å². The summed E-state index contributed by atoms with van der Waals surface area (Å²) >= 11 is 0. The lowest BCUT2D eigenvalue weighted by Gasteiger charge is -1.99. The molecule has 0 aliphatic rings. The molecule has 3 aromatic rings. The molecule has 100 valence electrons. The third-order valence-corrected chi connectivity index (χ3v) is 2.75. The number of rotatable bonds is 4. The van der Waals surface area contributed by atoms with Gasteiger partial charge in [0.1, 0.15) is 5.76 Å². The number of nitrogens with one attached hydrogen (secondary N) is 1. The maximum absolute atomic E-state index is 11.9. The van der Waals surface area contributed by atoms with Crippen molar-refractivity contribution in [2.75, 3.05) is 0 Å². The van der Waals surface area contributed by atoms with Gasteiger partial charge >= 0.3 is 0 Å². The molecular formula is C15H12N2O3. The van der Waals surface area contributed by atoms with Gasteiger partial charge in [-0.3, -0.25) is 4.79 Å². The van der Waals surface area contributed by atoms with Crippen LogP contribution in [0.5, 0.6) is 0 Å². The SMILES string of the molecule is O=C(NCc1ccco1)c1cnc(-c2ccccc2)o1. The number of furan rings is 1. The minimum Gasteiger partial charge on any atom is -0.467 e. The third kappa shape index (κ3) is 2.61. The molecule has 0 aliphatic carbocycles. The minimum atomic E-state index is -0.323. The van der Waals surface area contributed by atoms with E-state index in [1.807, 2.05) is 30.3 Å². The molecule has 0 unspecified atom stereocenters. The number of hydrogen-bond donors (Lipinski definition) is 1. The standard InChI is InChI=1S/C15H12N2O3/c18-14(16-9-12-7-4-8-19-12)13-10-17-15(20-13)11-5-2-1-3-6-11/h1-8,10H,9H2,(H,16,18). The molecular weight excluding hydrogens is 256 g/mol. The van der Waals surface area contributed by atoms with Gasteiger partial charge in [0, 0.05) is 5.56 Å². The lowest BCUT2D eigenvalue weighted by Crippen LogP contribution is -2.21. The lowest BCUT2D eigenvalue weighted by atomic mass is 10.2. The van der Waals surface area contributed by atoms with Gasteiger partial charge in [0.05, 0.1) is 19.0 Å². The van der Waals surface area contributed by atoms with Crippen LogP contribution >= 0.6 is 0 Å². The number of oxazole rings is 1. The Bertz CT molecular complexity index is 687. The second kappa shape index (κ2) is 5.44. The summed E-state index contributed by atoms with van der Waals surface area (Å²) in [6.07, 6.45) is 2.98. The van der Waals surface area contributed by atoms with Crippen molar-refractivity contribution < 1.29 is 13.6 Å². The van der Waals surface area contributed by atoms with Crippen molar-refractivity contribution in [2.24, 2.45) is 0 Å². The molecule has 2 aromatic heterocycles. The number of hydrogen-bond acceptors (Lipinski definition) is 4. The predicted octanol–water partition coefficient (Wildman–Crippen LogP) is 2.86. The van der Waals surface area contributed by atoms with Crippen molar-refractivity contribution in [3.8, 4) is 11.5 Å². The third-order valence-electron chi connectivity index (χ3n) is 2.75. The smallest absolute Gasteiger partial charge is 0.289 e. The van der Waals surface area contributed by atoms with E-state index in [4.69, 9.17) is 8.83 Å². The summed E-state index contributed by atoms with van der Waals surface area (Å²) < 4.78 is 10.6. The Hall–Kier alpha value is -2.82. The molecule has 3 rings (SSSR count). The van der Waals surface area contributed by atoms with Gasteiger partial charge in [-0.05, 0) is 24.3 Å². The van der Waals surface area contributed by atoms with Crippen molar-refractivity contribution in [1.82, 2.24) is 10.3 Å². The maximum Gasteiger partial charge on any atom is 0.289 e. The Morgan fingerprint density at radius 2 is 2.00 bits per heavy atom. The summed E-state index contributed by atoms with van der Waals surface area (Å²) in [5.74, 6) is 0.960. The monoisotopic (exact) mass is 268 g/mol. The molecule has 1 aromatic carbocycles. The molecule has 5 nitrogen and oxygen atoms in total. The first kappa shape index (κ1) is 12.2. The van der Waals surface area contributed by atoms with Crippen molar-refractivity contribution in [2.45, 2.75) is 6.54 Å². The van der Waals surface area contributed by atoms with Gasteiger partial charge in [-0.15, -0.1) is 0 Å². The zero-order chi connectivity index (χ0) is 13.8. The van der Waals surface area contributed by atoms with Crippen LogP contribution in [0.4, 0.5) is 0 Å². The maximum atomic E-state index is 11.9. The second-order valence-electron chi connectivity index (χ2n) is 4.16. The Labute approximate surface area is 115 Å². The molecule has 20 heavy (non-hydrogen) atoms. The minimum absolute atomic E-state index is 0.176. The van der Waals surface area contributed by atoms with Crippen molar-refractivity contribution in [3.05, 3.63) is 66.4 Å². The summed E-state index contributed by atoms with van der Waals surface area (Å²) in [6.45, 7) is 0.313. The van der Waals surface area contributed by atoms with E-state index in [9.17, 15) is 4.79 Å². The van der Waals surface area contributed by atoms with Crippen molar-refractivity contribution >= 4 is 5.91 Å². The average molecular weight is 268 g/mol. The van der Waals surface area contributed by atoms with Crippen LogP contribution in [0, 0.1) is 0 Å². The van der Waals surface area contributed by atoms with Gasteiger partial charge < -0.3 is 14.2 Å². The number of carbonyl (C=O) groups excluding carboxylic acids is 1. The summed E-state index contributed by atoms with van der Waals surface area (Å²) in [4.78, 5) is 16.0.